The Labute approximate surface area is 83.5 Å². The van der Waals surface area contributed by atoms with E-state index < -0.39 is 0 Å². The molecule has 0 saturated carbocycles. The number of rotatable bonds is 5. The van der Waals surface area contributed by atoms with Crippen LogP contribution in [0.4, 0.5) is 0 Å². The molecule has 0 aliphatic heterocycles. The summed E-state index contributed by atoms with van der Waals surface area (Å²) in [4.78, 5) is 0. The molecule has 0 atom stereocenters. The third-order valence-corrected chi connectivity index (χ3v) is 2.94. The van der Waals surface area contributed by atoms with Gasteiger partial charge in [0.2, 0.25) is 0 Å². The van der Waals surface area contributed by atoms with Crippen LogP contribution in [-0.4, -0.2) is 9.52 Å². The SMILES string of the molecule is CCCC/C=C\[Si]c1ccccc1. The summed E-state index contributed by atoms with van der Waals surface area (Å²) in [6, 6.07) is 10.6. The second kappa shape index (κ2) is 6.67. The Hall–Kier alpha value is -0.823. The maximum Gasteiger partial charge on any atom is 0.111 e. The van der Waals surface area contributed by atoms with Crippen LogP contribution in [0.15, 0.2) is 42.1 Å². The average Bonchev–Trinajstić information content (AvgIpc) is 2.19. The van der Waals surface area contributed by atoms with Crippen molar-refractivity contribution in [3.8, 4) is 0 Å². The van der Waals surface area contributed by atoms with Crippen LogP contribution < -0.4 is 5.19 Å². The van der Waals surface area contributed by atoms with Gasteiger partial charge >= 0.3 is 0 Å². The summed E-state index contributed by atoms with van der Waals surface area (Å²) < 4.78 is 0. The monoisotopic (exact) mass is 188 g/mol. The third-order valence-electron chi connectivity index (χ3n) is 1.87. The number of hydrogen-bond donors (Lipinski definition) is 0. The molecule has 0 spiro atoms. The number of unbranched alkanes of at least 4 members (excludes halogenated alkanes) is 2. The van der Waals surface area contributed by atoms with E-state index in [0.717, 1.165) is 9.52 Å². The highest BCUT2D eigenvalue weighted by Gasteiger charge is 1.86. The van der Waals surface area contributed by atoms with Gasteiger partial charge in [-0.1, -0.05) is 67.1 Å². The summed E-state index contributed by atoms with van der Waals surface area (Å²) in [6.07, 6.45) is 6.14. The van der Waals surface area contributed by atoms with Crippen molar-refractivity contribution >= 4 is 14.7 Å². The van der Waals surface area contributed by atoms with Crippen LogP contribution in [0, 0.1) is 0 Å². The average molecular weight is 188 g/mol. The topological polar surface area (TPSA) is 0 Å². The Kier molecular flexibility index (Phi) is 5.26. The summed E-state index contributed by atoms with van der Waals surface area (Å²) >= 11 is 0. The fourth-order valence-electron chi connectivity index (χ4n) is 1.09. The maximum atomic E-state index is 2.30. The minimum Gasteiger partial charge on any atom is -0.0973 e. The molecule has 0 bridgehead atoms. The Morgan fingerprint density at radius 3 is 2.69 bits per heavy atom. The molecule has 0 saturated heterocycles. The predicted octanol–water partition coefficient (Wildman–Crippen LogP) is 2.72. The minimum atomic E-state index is 0.835. The molecule has 0 aliphatic rings. The molecule has 68 valence electrons. The first-order valence-corrected chi connectivity index (χ1v) is 5.98. The molecule has 1 rings (SSSR count). The fraction of sp³-hybridized carbons (Fsp3) is 0.333. The van der Waals surface area contributed by atoms with Crippen molar-refractivity contribution < 1.29 is 0 Å². The summed E-state index contributed by atoms with van der Waals surface area (Å²) in [5, 5.41) is 1.43. The summed E-state index contributed by atoms with van der Waals surface area (Å²) in [5.41, 5.74) is 2.30. The molecule has 0 fully saturated rings. The van der Waals surface area contributed by atoms with Crippen molar-refractivity contribution in [2.24, 2.45) is 0 Å². The smallest absolute Gasteiger partial charge is 0.0973 e. The highest BCUT2D eigenvalue weighted by Crippen LogP contribution is 1.94. The van der Waals surface area contributed by atoms with Gasteiger partial charge in [0, 0.05) is 0 Å². The van der Waals surface area contributed by atoms with Gasteiger partial charge in [-0.05, 0) is 6.42 Å². The highest BCUT2D eigenvalue weighted by atomic mass is 28.2. The van der Waals surface area contributed by atoms with Gasteiger partial charge in [-0.15, -0.1) is 0 Å². The van der Waals surface area contributed by atoms with E-state index in [9.17, 15) is 0 Å². The molecular formula is C12H16Si. The van der Waals surface area contributed by atoms with Crippen molar-refractivity contribution in [1.82, 2.24) is 0 Å². The van der Waals surface area contributed by atoms with Gasteiger partial charge in [0.1, 0.15) is 9.52 Å². The molecule has 0 amide bonds. The van der Waals surface area contributed by atoms with Gasteiger partial charge < -0.3 is 0 Å². The third kappa shape index (κ3) is 4.68. The zero-order valence-electron chi connectivity index (χ0n) is 8.16. The quantitative estimate of drug-likeness (QED) is 0.492. The first-order chi connectivity index (χ1) is 6.43. The van der Waals surface area contributed by atoms with Crippen molar-refractivity contribution in [2.45, 2.75) is 26.2 Å². The second-order valence-electron chi connectivity index (χ2n) is 3.05. The van der Waals surface area contributed by atoms with E-state index in [4.69, 9.17) is 0 Å². The molecular weight excluding hydrogens is 172 g/mol. The summed E-state index contributed by atoms with van der Waals surface area (Å²) in [6.45, 7) is 2.23. The van der Waals surface area contributed by atoms with Gasteiger partial charge in [0.25, 0.3) is 0 Å². The van der Waals surface area contributed by atoms with Gasteiger partial charge in [0.05, 0.1) is 0 Å². The lowest BCUT2D eigenvalue weighted by molar-refractivity contribution is 0.815. The maximum absolute atomic E-state index is 2.30. The molecule has 0 aromatic heterocycles. The van der Waals surface area contributed by atoms with Crippen LogP contribution in [0.25, 0.3) is 0 Å². The molecule has 0 N–H and O–H groups in total. The molecule has 1 heteroatoms. The normalized spacial score (nSPS) is 10.8. The van der Waals surface area contributed by atoms with E-state index in [1.165, 1.54) is 24.4 Å². The minimum absolute atomic E-state index is 0.835. The number of benzene rings is 1. The molecule has 0 unspecified atom stereocenters. The standard InChI is InChI=1S/C12H16Si/c1-2-3-4-8-11-13-12-9-6-5-7-10-12/h5-11H,2-4H2,1H3/b11-8-. The molecule has 0 aliphatic carbocycles. The Morgan fingerprint density at radius 1 is 1.23 bits per heavy atom. The second-order valence-corrected chi connectivity index (χ2v) is 4.25. The zero-order valence-corrected chi connectivity index (χ0v) is 9.16. The molecule has 1 aromatic carbocycles. The largest absolute Gasteiger partial charge is 0.111 e. The lowest BCUT2D eigenvalue weighted by Crippen LogP contribution is -2.10. The zero-order chi connectivity index (χ0) is 9.36. The van der Waals surface area contributed by atoms with Crippen LogP contribution in [0.2, 0.25) is 0 Å². The van der Waals surface area contributed by atoms with Gasteiger partial charge in [-0.3, -0.25) is 0 Å². The molecule has 1 aromatic rings. The van der Waals surface area contributed by atoms with Crippen LogP contribution in [0.3, 0.4) is 0 Å². The Bertz CT molecular complexity index is 239. The van der Waals surface area contributed by atoms with Gasteiger partial charge in [0.15, 0.2) is 0 Å². The van der Waals surface area contributed by atoms with Crippen molar-refractivity contribution in [1.29, 1.82) is 0 Å². The van der Waals surface area contributed by atoms with E-state index in [-0.39, 0.29) is 0 Å². The molecule has 13 heavy (non-hydrogen) atoms. The van der Waals surface area contributed by atoms with Crippen molar-refractivity contribution in [2.75, 3.05) is 0 Å². The lowest BCUT2D eigenvalue weighted by Gasteiger charge is -1.92. The lowest BCUT2D eigenvalue weighted by atomic mass is 10.2. The van der Waals surface area contributed by atoms with Crippen LogP contribution in [0.5, 0.6) is 0 Å². The predicted molar refractivity (Wildman–Crippen MR) is 60.5 cm³/mol. The van der Waals surface area contributed by atoms with Crippen molar-refractivity contribution in [3.05, 3.63) is 42.1 Å². The Morgan fingerprint density at radius 2 is 2.00 bits per heavy atom. The number of hydrogen-bond acceptors (Lipinski definition) is 0. The summed E-state index contributed by atoms with van der Waals surface area (Å²) in [7, 11) is 0.835. The van der Waals surface area contributed by atoms with Crippen LogP contribution >= 0.6 is 0 Å². The molecule has 2 radical (unpaired) electrons. The first-order valence-electron chi connectivity index (χ1n) is 4.90. The van der Waals surface area contributed by atoms with Crippen LogP contribution in [-0.2, 0) is 0 Å². The van der Waals surface area contributed by atoms with Gasteiger partial charge in [-0.25, -0.2) is 0 Å². The van der Waals surface area contributed by atoms with Crippen LogP contribution in [0.1, 0.15) is 26.2 Å². The number of allylic oxidation sites excluding steroid dienone is 1. The van der Waals surface area contributed by atoms with E-state index >= 15 is 0 Å². The van der Waals surface area contributed by atoms with Gasteiger partial charge in [-0.2, -0.15) is 0 Å². The Balaban J connectivity index is 2.23. The fourth-order valence-corrected chi connectivity index (χ4v) is 1.96. The van der Waals surface area contributed by atoms with Crippen molar-refractivity contribution in [3.63, 3.8) is 0 Å². The molecule has 0 heterocycles. The van der Waals surface area contributed by atoms with E-state index in [1.807, 2.05) is 0 Å². The first kappa shape index (κ1) is 10.3. The molecule has 0 nitrogen and oxygen atoms in total. The van der Waals surface area contributed by atoms with E-state index in [2.05, 4.69) is 49.0 Å². The summed E-state index contributed by atoms with van der Waals surface area (Å²) in [5.74, 6) is 0. The van der Waals surface area contributed by atoms with E-state index in [0.29, 0.717) is 0 Å². The highest BCUT2D eigenvalue weighted by molar-refractivity contribution is 6.58. The van der Waals surface area contributed by atoms with E-state index in [1.54, 1.807) is 0 Å².